The van der Waals surface area contributed by atoms with Gasteiger partial charge in [0, 0.05) is 19.3 Å². The van der Waals surface area contributed by atoms with Crippen molar-refractivity contribution in [2.75, 3.05) is 20.2 Å². The fraction of sp³-hybridized carbons (Fsp3) is 0.500. The van der Waals surface area contributed by atoms with Gasteiger partial charge in [-0.25, -0.2) is 9.97 Å². The summed E-state index contributed by atoms with van der Waals surface area (Å²) in [7, 11) is 1.70. The van der Waals surface area contributed by atoms with E-state index < -0.39 is 0 Å². The second-order valence-corrected chi connectivity index (χ2v) is 7.28. The predicted molar refractivity (Wildman–Crippen MR) is 106 cm³/mol. The predicted octanol–water partition coefficient (Wildman–Crippen LogP) is 3.92. The second kappa shape index (κ2) is 9.49. The van der Waals surface area contributed by atoms with Crippen LogP contribution < -0.4 is 4.74 Å². The highest BCUT2D eigenvalue weighted by atomic mass is 16.5. The lowest BCUT2D eigenvalue weighted by Crippen LogP contribution is -2.40. The van der Waals surface area contributed by atoms with Gasteiger partial charge in [0.25, 0.3) is 5.91 Å². The van der Waals surface area contributed by atoms with Gasteiger partial charge in [-0.05, 0) is 55.7 Å². The molecule has 1 atom stereocenters. The number of benzene rings is 1. The van der Waals surface area contributed by atoms with E-state index in [-0.39, 0.29) is 5.91 Å². The van der Waals surface area contributed by atoms with E-state index in [1.165, 1.54) is 18.3 Å². The molecule has 1 amide bonds. The van der Waals surface area contributed by atoms with Crippen molar-refractivity contribution in [2.24, 2.45) is 5.92 Å². The Hall–Kier alpha value is -2.43. The van der Waals surface area contributed by atoms with Crippen LogP contribution >= 0.6 is 0 Å². The number of hydrogen-bond donors (Lipinski definition) is 0. The normalized spacial score (nSPS) is 17.0. The highest BCUT2D eigenvalue weighted by Crippen LogP contribution is 2.24. The number of carbonyl (C=O) groups is 1. The van der Waals surface area contributed by atoms with E-state index in [1.807, 2.05) is 17.0 Å². The molecule has 5 nitrogen and oxygen atoms in total. The third kappa shape index (κ3) is 5.06. The lowest BCUT2D eigenvalue weighted by Gasteiger charge is -2.33. The van der Waals surface area contributed by atoms with Crippen molar-refractivity contribution in [3.8, 4) is 5.75 Å². The molecule has 1 saturated heterocycles. The van der Waals surface area contributed by atoms with E-state index in [1.54, 1.807) is 13.3 Å². The summed E-state index contributed by atoms with van der Waals surface area (Å²) >= 11 is 0. The van der Waals surface area contributed by atoms with Crippen LogP contribution in [0.3, 0.4) is 0 Å². The van der Waals surface area contributed by atoms with Crippen molar-refractivity contribution in [1.82, 2.24) is 14.9 Å². The molecule has 0 radical (unpaired) electrons. The van der Waals surface area contributed by atoms with Crippen molar-refractivity contribution in [1.29, 1.82) is 0 Å². The van der Waals surface area contributed by atoms with Crippen molar-refractivity contribution in [3.05, 3.63) is 53.6 Å². The summed E-state index contributed by atoms with van der Waals surface area (Å²) < 4.78 is 5.31. The van der Waals surface area contributed by atoms with Gasteiger partial charge in [0.15, 0.2) is 0 Å². The van der Waals surface area contributed by atoms with Crippen LogP contribution in [-0.2, 0) is 12.8 Å². The van der Waals surface area contributed by atoms with Crippen LogP contribution in [0.1, 0.15) is 54.2 Å². The van der Waals surface area contributed by atoms with Gasteiger partial charge in [-0.1, -0.05) is 25.5 Å². The number of nitrogens with zero attached hydrogens (tertiary/aromatic N) is 3. The fourth-order valence-electron chi connectivity index (χ4n) is 3.82. The molecule has 0 aliphatic carbocycles. The zero-order valence-electron chi connectivity index (χ0n) is 16.4. The number of carbonyl (C=O) groups excluding carboxylic acids is 1. The van der Waals surface area contributed by atoms with E-state index in [9.17, 15) is 4.79 Å². The summed E-state index contributed by atoms with van der Waals surface area (Å²) in [5.41, 5.74) is 2.84. The number of methoxy groups -OCH3 is 1. The van der Waals surface area contributed by atoms with Crippen LogP contribution in [0.2, 0.25) is 0 Å². The molecule has 1 aliphatic heterocycles. The van der Waals surface area contributed by atoms with Crippen LogP contribution in [-0.4, -0.2) is 41.0 Å². The Morgan fingerprint density at radius 1 is 1.33 bits per heavy atom. The number of aromatic nitrogens is 2. The maximum absolute atomic E-state index is 13.0. The Balaban J connectivity index is 1.61. The second-order valence-electron chi connectivity index (χ2n) is 7.28. The first-order valence-corrected chi connectivity index (χ1v) is 9.92. The smallest absolute Gasteiger partial charge is 0.257 e. The number of aryl methyl sites for hydroxylation is 2. The summed E-state index contributed by atoms with van der Waals surface area (Å²) in [4.78, 5) is 23.4. The largest absolute Gasteiger partial charge is 0.497 e. The van der Waals surface area contributed by atoms with E-state index in [0.29, 0.717) is 11.5 Å². The molecule has 1 unspecified atom stereocenters. The van der Waals surface area contributed by atoms with Gasteiger partial charge in [-0.2, -0.15) is 0 Å². The van der Waals surface area contributed by atoms with Crippen LogP contribution in [0.4, 0.5) is 0 Å². The Bertz CT molecular complexity index is 763. The number of ether oxygens (including phenoxy) is 1. The zero-order valence-corrected chi connectivity index (χ0v) is 16.4. The van der Waals surface area contributed by atoms with Crippen molar-refractivity contribution in [2.45, 2.75) is 45.4 Å². The zero-order chi connectivity index (χ0) is 19.1. The third-order valence-corrected chi connectivity index (χ3v) is 5.29. The van der Waals surface area contributed by atoms with Crippen LogP contribution in [0.25, 0.3) is 0 Å². The summed E-state index contributed by atoms with van der Waals surface area (Å²) in [5.74, 6) is 1.53. The molecular weight excluding hydrogens is 338 g/mol. The maximum Gasteiger partial charge on any atom is 0.257 e. The summed E-state index contributed by atoms with van der Waals surface area (Å²) in [6.07, 6.45) is 9.35. The van der Waals surface area contributed by atoms with Gasteiger partial charge >= 0.3 is 0 Å². The molecule has 2 heterocycles. The molecule has 0 saturated carbocycles. The van der Waals surface area contributed by atoms with E-state index in [2.05, 4.69) is 29.0 Å². The lowest BCUT2D eigenvalue weighted by atomic mass is 9.91. The minimum Gasteiger partial charge on any atom is -0.497 e. The minimum atomic E-state index is 0.0881. The summed E-state index contributed by atoms with van der Waals surface area (Å²) in [6, 6.07) is 8.26. The molecule has 27 heavy (non-hydrogen) atoms. The first kappa shape index (κ1) is 19.3. The number of rotatable bonds is 7. The van der Waals surface area contributed by atoms with Crippen molar-refractivity contribution in [3.63, 3.8) is 0 Å². The maximum atomic E-state index is 13.0. The molecule has 0 N–H and O–H groups in total. The highest BCUT2D eigenvalue weighted by Gasteiger charge is 2.26. The van der Waals surface area contributed by atoms with E-state index in [0.717, 1.165) is 56.6 Å². The van der Waals surface area contributed by atoms with Crippen LogP contribution in [0.5, 0.6) is 5.75 Å². The number of hydrogen-bond acceptors (Lipinski definition) is 4. The molecule has 1 aliphatic rings. The van der Waals surface area contributed by atoms with Gasteiger partial charge in [-0.15, -0.1) is 0 Å². The quantitative estimate of drug-likeness (QED) is 0.744. The SMILES string of the molecule is CCCc1ncncc1C(=O)N1CCCC(CCc2cccc(OC)c2)C1. The molecular formula is C22H29N3O2. The molecule has 1 fully saturated rings. The van der Waals surface area contributed by atoms with Gasteiger partial charge in [-0.3, -0.25) is 4.79 Å². The van der Waals surface area contributed by atoms with E-state index >= 15 is 0 Å². The summed E-state index contributed by atoms with van der Waals surface area (Å²) in [5, 5.41) is 0. The molecule has 0 spiro atoms. The Morgan fingerprint density at radius 2 is 2.22 bits per heavy atom. The number of piperidine rings is 1. The van der Waals surface area contributed by atoms with Crippen molar-refractivity contribution < 1.29 is 9.53 Å². The Morgan fingerprint density at radius 3 is 3.04 bits per heavy atom. The average molecular weight is 367 g/mol. The molecule has 5 heteroatoms. The standard InChI is InChI=1S/C22H29N3O2/c1-3-6-21-20(14-23-16-24-21)22(26)25-12-5-8-18(15-25)11-10-17-7-4-9-19(13-17)27-2/h4,7,9,13-14,16,18H,3,5-6,8,10-12,15H2,1-2H3. The minimum absolute atomic E-state index is 0.0881. The van der Waals surface area contributed by atoms with Gasteiger partial charge in [0.05, 0.1) is 18.4 Å². The molecule has 2 aromatic rings. The molecule has 1 aromatic carbocycles. The average Bonchev–Trinajstić information content (AvgIpc) is 2.73. The van der Waals surface area contributed by atoms with Gasteiger partial charge in [0.2, 0.25) is 0 Å². The topological polar surface area (TPSA) is 55.3 Å². The first-order valence-electron chi connectivity index (χ1n) is 9.92. The monoisotopic (exact) mass is 367 g/mol. The molecule has 1 aromatic heterocycles. The molecule has 0 bridgehead atoms. The Kier molecular flexibility index (Phi) is 6.80. The van der Waals surface area contributed by atoms with Gasteiger partial charge in [0.1, 0.15) is 12.1 Å². The Labute approximate surface area is 161 Å². The fourth-order valence-corrected chi connectivity index (χ4v) is 3.82. The molecule has 144 valence electrons. The summed E-state index contributed by atoms with van der Waals surface area (Å²) in [6.45, 7) is 3.75. The number of amides is 1. The van der Waals surface area contributed by atoms with Crippen LogP contribution in [0, 0.1) is 5.92 Å². The van der Waals surface area contributed by atoms with E-state index in [4.69, 9.17) is 4.74 Å². The number of likely N-dealkylation sites (tertiary alicyclic amines) is 1. The molecule has 3 rings (SSSR count). The first-order chi connectivity index (χ1) is 13.2. The lowest BCUT2D eigenvalue weighted by molar-refractivity contribution is 0.0666. The van der Waals surface area contributed by atoms with Crippen molar-refractivity contribution >= 4 is 5.91 Å². The van der Waals surface area contributed by atoms with Crippen LogP contribution in [0.15, 0.2) is 36.8 Å². The van der Waals surface area contributed by atoms with Gasteiger partial charge < -0.3 is 9.64 Å². The highest BCUT2D eigenvalue weighted by molar-refractivity contribution is 5.95. The third-order valence-electron chi connectivity index (χ3n) is 5.29.